The molecule has 0 aliphatic rings. The normalized spacial score (nSPS) is 9.69. The van der Waals surface area contributed by atoms with Gasteiger partial charge in [0.05, 0.1) is 0 Å². The molecule has 0 saturated carbocycles. The predicted octanol–water partition coefficient (Wildman–Crippen LogP) is 1.70. The zero-order valence-corrected chi connectivity index (χ0v) is 7.32. The third-order valence-electron chi connectivity index (χ3n) is 1.40. The first-order valence-corrected chi connectivity index (χ1v) is 3.87. The fourth-order valence-electron chi connectivity index (χ4n) is 0.802. The Labute approximate surface area is 77.3 Å². The molecule has 2 radical (unpaired) electrons. The summed E-state index contributed by atoms with van der Waals surface area (Å²) in [6.45, 7) is 3.26. The van der Waals surface area contributed by atoms with Gasteiger partial charge >= 0.3 is 6.47 Å². The molecule has 1 aromatic carbocycles. The van der Waals surface area contributed by atoms with Crippen LogP contribution in [-0.4, -0.2) is 13.1 Å². The molecule has 0 aliphatic heterocycles. The van der Waals surface area contributed by atoms with Gasteiger partial charge < -0.3 is 9.47 Å². The lowest BCUT2D eigenvalue weighted by molar-refractivity contribution is 0.208. The maximum atomic E-state index is 9.80. The van der Waals surface area contributed by atoms with Crippen LogP contribution in [-0.2, 0) is 9.53 Å². The summed E-state index contributed by atoms with van der Waals surface area (Å²) < 4.78 is 9.73. The molecule has 0 spiro atoms. The molecule has 0 saturated heterocycles. The Hall–Kier alpha value is -1.51. The van der Waals surface area contributed by atoms with Crippen molar-refractivity contribution >= 4 is 6.47 Å². The van der Waals surface area contributed by atoms with E-state index in [1.54, 1.807) is 6.92 Å². The van der Waals surface area contributed by atoms with Gasteiger partial charge in [0.2, 0.25) is 0 Å². The van der Waals surface area contributed by atoms with Gasteiger partial charge in [0.25, 0.3) is 0 Å². The van der Waals surface area contributed by atoms with Crippen LogP contribution < -0.4 is 4.74 Å². The average Bonchev–Trinajstić information content (AvgIpc) is 2.17. The van der Waals surface area contributed by atoms with Crippen molar-refractivity contribution in [2.24, 2.45) is 0 Å². The second kappa shape index (κ2) is 5.19. The van der Waals surface area contributed by atoms with Gasteiger partial charge in [-0.3, -0.25) is 0 Å². The number of hydrogen-bond acceptors (Lipinski definition) is 3. The number of para-hydroxylation sites is 1. The minimum absolute atomic E-state index is 0.263. The molecular formula is C10H10O3. The fourth-order valence-corrected chi connectivity index (χ4v) is 0.802. The fraction of sp³-hybridized carbons (Fsp3) is 0.200. The quantitative estimate of drug-likeness (QED) is 0.688. The summed E-state index contributed by atoms with van der Waals surface area (Å²) in [4.78, 5) is 9.80. The van der Waals surface area contributed by atoms with E-state index in [-0.39, 0.29) is 6.61 Å². The van der Waals surface area contributed by atoms with Crippen LogP contribution in [0.5, 0.6) is 5.75 Å². The monoisotopic (exact) mass is 178 g/mol. The standard InChI is InChI=1S/C10H10O3/c1-9(13-8-11)7-12-10-5-3-2-4-6-10/h2-6H,7H2,1H3. The van der Waals surface area contributed by atoms with Gasteiger partial charge in [0.15, 0.2) is 6.10 Å². The van der Waals surface area contributed by atoms with Crippen LogP contribution >= 0.6 is 0 Å². The highest BCUT2D eigenvalue weighted by atomic mass is 16.6. The highest BCUT2D eigenvalue weighted by Crippen LogP contribution is 2.10. The van der Waals surface area contributed by atoms with Crippen molar-refractivity contribution in [3.05, 3.63) is 36.4 Å². The highest BCUT2D eigenvalue weighted by molar-refractivity contribution is 5.39. The van der Waals surface area contributed by atoms with Crippen LogP contribution in [0, 0.1) is 6.10 Å². The van der Waals surface area contributed by atoms with E-state index in [4.69, 9.17) is 4.74 Å². The van der Waals surface area contributed by atoms with Crippen LogP contribution in [0.1, 0.15) is 6.92 Å². The van der Waals surface area contributed by atoms with Crippen LogP contribution in [0.15, 0.2) is 30.3 Å². The van der Waals surface area contributed by atoms with Gasteiger partial charge in [0.1, 0.15) is 12.4 Å². The molecule has 3 heteroatoms. The van der Waals surface area contributed by atoms with Gasteiger partial charge in [-0.05, 0) is 19.1 Å². The topological polar surface area (TPSA) is 35.5 Å². The molecule has 0 aliphatic carbocycles. The van der Waals surface area contributed by atoms with E-state index in [2.05, 4.69) is 4.74 Å². The molecule has 0 heterocycles. The molecule has 0 atom stereocenters. The van der Waals surface area contributed by atoms with Crippen molar-refractivity contribution < 1.29 is 14.3 Å². The third kappa shape index (κ3) is 3.60. The Morgan fingerprint density at radius 2 is 2.08 bits per heavy atom. The van der Waals surface area contributed by atoms with Crippen molar-refractivity contribution in [2.45, 2.75) is 6.92 Å². The van der Waals surface area contributed by atoms with Crippen LogP contribution in [0.25, 0.3) is 0 Å². The second-order valence-electron chi connectivity index (χ2n) is 2.49. The largest absolute Gasteiger partial charge is 0.489 e. The van der Waals surface area contributed by atoms with E-state index >= 15 is 0 Å². The number of rotatable bonds is 5. The molecule has 3 nitrogen and oxygen atoms in total. The predicted molar refractivity (Wildman–Crippen MR) is 47.6 cm³/mol. The highest BCUT2D eigenvalue weighted by Gasteiger charge is 2.04. The number of benzene rings is 1. The van der Waals surface area contributed by atoms with Crippen molar-refractivity contribution in [1.29, 1.82) is 0 Å². The maximum absolute atomic E-state index is 9.80. The summed E-state index contributed by atoms with van der Waals surface area (Å²) in [6, 6.07) is 9.31. The summed E-state index contributed by atoms with van der Waals surface area (Å²) in [7, 11) is 0. The SMILES string of the molecule is C[C](COc1ccccc1)O[C]=O. The van der Waals surface area contributed by atoms with E-state index in [9.17, 15) is 4.79 Å². The van der Waals surface area contributed by atoms with E-state index < -0.39 is 0 Å². The molecule has 68 valence electrons. The Bertz CT molecular complexity index is 246. The molecule has 0 unspecified atom stereocenters. The lowest BCUT2D eigenvalue weighted by Crippen LogP contribution is -2.09. The maximum Gasteiger partial charge on any atom is 0.418 e. The van der Waals surface area contributed by atoms with E-state index in [0.717, 1.165) is 5.75 Å². The zero-order valence-electron chi connectivity index (χ0n) is 7.32. The molecule has 1 aromatic rings. The second-order valence-corrected chi connectivity index (χ2v) is 2.49. The minimum atomic E-state index is 0.263. The Kier molecular flexibility index (Phi) is 3.82. The number of carbonyl (C=O) groups excluding carboxylic acids is 1. The molecule has 0 bridgehead atoms. The summed E-state index contributed by atoms with van der Waals surface area (Å²) in [5.41, 5.74) is 0. The van der Waals surface area contributed by atoms with Gasteiger partial charge in [-0.25, -0.2) is 4.79 Å². The Balaban J connectivity index is 2.30. The summed E-state index contributed by atoms with van der Waals surface area (Å²) in [5.74, 6) is 0.747. The van der Waals surface area contributed by atoms with Gasteiger partial charge in [-0.15, -0.1) is 0 Å². The Morgan fingerprint density at radius 3 is 2.69 bits per heavy atom. The first-order valence-electron chi connectivity index (χ1n) is 3.87. The lowest BCUT2D eigenvalue weighted by Gasteiger charge is -2.08. The molecule has 0 N–H and O–H groups in total. The first-order chi connectivity index (χ1) is 6.33. The summed E-state index contributed by atoms with van der Waals surface area (Å²) in [5, 5.41) is 0. The minimum Gasteiger partial charge on any atom is -0.489 e. The molecule has 0 aromatic heterocycles. The Morgan fingerprint density at radius 1 is 1.38 bits per heavy atom. The summed E-state index contributed by atoms with van der Waals surface area (Å²) >= 11 is 0. The van der Waals surface area contributed by atoms with E-state index in [0.29, 0.717) is 6.10 Å². The molecule has 0 amide bonds. The summed E-state index contributed by atoms with van der Waals surface area (Å²) in [6.07, 6.45) is 0.485. The van der Waals surface area contributed by atoms with Crippen molar-refractivity contribution in [2.75, 3.05) is 6.61 Å². The van der Waals surface area contributed by atoms with Gasteiger partial charge in [0, 0.05) is 0 Å². The van der Waals surface area contributed by atoms with E-state index in [1.807, 2.05) is 30.3 Å². The van der Waals surface area contributed by atoms with Crippen LogP contribution in [0.2, 0.25) is 0 Å². The smallest absolute Gasteiger partial charge is 0.418 e. The molecule has 1 rings (SSSR count). The first kappa shape index (κ1) is 9.58. The number of hydrogen-bond donors (Lipinski definition) is 0. The third-order valence-corrected chi connectivity index (χ3v) is 1.40. The number of ether oxygens (including phenoxy) is 2. The van der Waals surface area contributed by atoms with E-state index in [1.165, 1.54) is 6.47 Å². The average molecular weight is 178 g/mol. The van der Waals surface area contributed by atoms with Crippen molar-refractivity contribution in [1.82, 2.24) is 0 Å². The van der Waals surface area contributed by atoms with Gasteiger partial charge in [-0.1, -0.05) is 18.2 Å². The lowest BCUT2D eigenvalue weighted by atomic mass is 10.3. The molecular weight excluding hydrogens is 168 g/mol. The van der Waals surface area contributed by atoms with Crippen molar-refractivity contribution in [3.63, 3.8) is 0 Å². The molecule has 0 fully saturated rings. The van der Waals surface area contributed by atoms with Crippen LogP contribution in [0.3, 0.4) is 0 Å². The molecule has 13 heavy (non-hydrogen) atoms. The zero-order chi connectivity index (χ0) is 9.52. The van der Waals surface area contributed by atoms with Crippen molar-refractivity contribution in [3.8, 4) is 5.75 Å². The van der Waals surface area contributed by atoms with Gasteiger partial charge in [-0.2, -0.15) is 0 Å². The van der Waals surface area contributed by atoms with Crippen LogP contribution in [0.4, 0.5) is 0 Å².